The third-order valence-electron chi connectivity index (χ3n) is 5.72. The number of carbonyl (C=O) groups excluding carboxylic acids is 1. The SMILES string of the molecule is CCNC(=NCCCc1nnc2n1CCCCC2)NC1CCN(C(=O)OCC)CC1.I. The van der Waals surface area contributed by atoms with Crippen LogP contribution in [0.4, 0.5) is 4.79 Å². The van der Waals surface area contributed by atoms with Crippen molar-refractivity contribution in [3.05, 3.63) is 11.6 Å². The average molecular weight is 547 g/mol. The fourth-order valence-electron chi connectivity index (χ4n) is 4.09. The van der Waals surface area contributed by atoms with Gasteiger partial charge in [0.25, 0.3) is 0 Å². The van der Waals surface area contributed by atoms with Gasteiger partial charge in [0.15, 0.2) is 5.96 Å². The van der Waals surface area contributed by atoms with Gasteiger partial charge in [0.2, 0.25) is 0 Å². The maximum absolute atomic E-state index is 11.8. The first-order chi connectivity index (χ1) is 14.7. The molecular formula is C21H38IN7O2. The summed E-state index contributed by atoms with van der Waals surface area (Å²) >= 11 is 0. The number of likely N-dealkylation sites (tertiary alicyclic amines) is 1. The molecule has 1 aromatic heterocycles. The van der Waals surface area contributed by atoms with Crippen molar-refractivity contribution in [1.82, 2.24) is 30.3 Å². The molecule has 1 aromatic rings. The number of amides is 1. The zero-order valence-electron chi connectivity index (χ0n) is 18.9. The molecule has 0 radical (unpaired) electrons. The van der Waals surface area contributed by atoms with Gasteiger partial charge in [-0.05, 0) is 46.0 Å². The van der Waals surface area contributed by atoms with E-state index in [0.29, 0.717) is 25.7 Å². The van der Waals surface area contributed by atoms with Crippen LogP contribution in [-0.2, 0) is 24.1 Å². The number of piperidine rings is 1. The summed E-state index contributed by atoms with van der Waals surface area (Å²) in [6.45, 7) is 8.39. The Kier molecular flexibility index (Phi) is 11.4. The van der Waals surface area contributed by atoms with E-state index in [4.69, 9.17) is 9.73 Å². The maximum Gasteiger partial charge on any atom is 0.409 e. The fraction of sp³-hybridized carbons (Fsp3) is 0.810. The van der Waals surface area contributed by atoms with E-state index in [0.717, 1.165) is 69.3 Å². The zero-order chi connectivity index (χ0) is 21.2. The fourth-order valence-corrected chi connectivity index (χ4v) is 4.09. The first kappa shape index (κ1) is 25.7. The minimum absolute atomic E-state index is 0. The second-order valence-corrected chi connectivity index (χ2v) is 7.96. The third-order valence-corrected chi connectivity index (χ3v) is 5.72. The van der Waals surface area contributed by atoms with Gasteiger partial charge in [-0.25, -0.2) is 4.79 Å². The van der Waals surface area contributed by atoms with E-state index in [1.807, 2.05) is 6.92 Å². The summed E-state index contributed by atoms with van der Waals surface area (Å²) in [5.41, 5.74) is 0. The van der Waals surface area contributed by atoms with Crippen molar-refractivity contribution in [3.8, 4) is 0 Å². The van der Waals surface area contributed by atoms with E-state index in [-0.39, 0.29) is 30.1 Å². The molecule has 0 aromatic carbocycles. The summed E-state index contributed by atoms with van der Waals surface area (Å²) in [6, 6.07) is 0.320. The predicted molar refractivity (Wildman–Crippen MR) is 132 cm³/mol. The van der Waals surface area contributed by atoms with E-state index < -0.39 is 0 Å². The first-order valence-electron chi connectivity index (χ1n) is 11.6. The van der Waals surface area contributed by atoms with E-state index in [9.17, 15) is 4.79 Å². The largest absolute Gasteiger partial charge is 0.450 e. The highest BCUT2D eigenvalue weighted by Gasteiger charge is 2.24. The number of guanidine groups is 1. The molecule has 3 heterocycles. The van der Waals surface area contributed by atoms with Gasteiger partial charge in [0.05, 0.1) is 6.61 Å². The molecule has 0 spiro atoms. The van der Waals surface area contributed by atoms with Gasteiger partial charge in [-0.15, -0.1) is 34.2 Å². The number of ether oxygens (including phenoxy) is 1. The molecule has 176 valence electrons. The molecule has 3 rings (SSSR count). The van der Waals surface area contributed by atoms with Crippen LogP contribution in [0.5, 0.6) is 0 Å². The van der Waals surface area contributed by atoms with Gasteiger partial charge in [0.1, 0.15) is 11.6 Å². The van der Waals surface area contributed by atoms with Crippen molar-refractivity contribution in [2.45, 2.75) is 77.8 Å². The number of rotatable bonds is 7. The lowest BCUT2D eigenvalue weighted by molar-refractivity contribution is 0.0963. The van der Waals surface area contributed by atoms with Crippen molar-refractivity contribution < 1.29 is 9.53 Å². The Hall–Kier alpha value is -1.59. The van der Waals surface area contributed by atoms with Crippen LogP contribution in [-0.4, -0.2) is 70.5 Å². The standard InChI is InChI=1S/C21H37N7O2.HI/c1-3-22-20(24-17-11-15-27(16-12-17)21(29)30-4-2)23-13-8-10-19-26-25-18-9-6-5-7-14-28(18)19;/h17H,3-16H2,1-2H3,(H2,22,23,24);1H. The summed E-state index contributed by atoms with van der Waals surface area (Å²) < 4.78 is 7.41. The van der Waals surface area contributed by atoms with Gasteiger partial charge >= 0.3 is 6.09 Å². The number of aromatic nitrogens is 3. The minimum Gasteiger partial charge on any atom is -0.450 e. The van der Waals surface area contributed by atoms with E-state index in [2.05, 4.69) is 32.3 Å². The number of halogens is 1. The number of aliphatic imine (C=N–C) groups is 1. The molecule has 9 nitrogen and oxygen atoms in total. The number of nitrogens with one attached hydrogen (secondary N) is 2. The van der Waals surface area contributed by atoms with Gasteiger partial charge in [-0.3, -0.25) is 4.99 Å². The normalized spacial score (nSPS) is 17.4. The zero-order valence-corrected chi connectivity index (χ0v) is 21.3. The second-order valence-electron chi connectivity index (χ2n) is 7.96. The molecule has 0 unspecified atom stereocenters. The van der Waals surface area contributed by atoms with Crippen LogP contribution >= 0.6 is 24.0 Å². The number of hydrogen-bond acceptors (Lipinski definition) is 5. The molecular weight excluding hydrogens is 509 g/mol. The topological polar surface area (TPSA) is 96.7 Å². The molecule has 2 N–H and O–H groups in total. The summed E-state index contributed by atoms with van der Waals surface area (Å²) in [5, 5.41) is 15.7. The average Bonchev–Trinajstić information content (AvgIpc) is 2.98. The highest BCUT2D eigenvalue weighted by Crippen LogP contribution is 2.15. The van der Waals surface area contributed by atoms with Crippen LogP contribution in [0, 0.1) is 0 Å². The Morgan fingerprint density at radius 2 is 1.97 bits per heavy atom. The summed E-state index contributed by atoms with van der Waals surface area (Å²) in [5.74, 6) is 3.11. The highest BCUT2D eigenvalue weighted by molar-refractivity contribution is 14.0. The Bertz CT molecular complexity index is 702. The molecule has 0 aliphatic carbocycles. The molecule has 0 saturated carbocycles. The summed E-state index contributed by atoms with van der Waals surface area (Å²) in [7, 11) is 0. The number of aryl methyl sites for hydroxylation is 2. The monoisotopic (exact) mass is 547 g/mol. The Labute approximate surface area is 202 Å². The Balaban J connectivity index is 0.00000341. The lowest BCUT2D eigenvalue weighted by Gasteiger charge is -2.32. The van der Waals surface area contributed by atoms with Crippen molar-refractivity contribution >= 4 is 36.0 Å². The van der Waals surface area contributed by atoms with Crippen LogP contribution in [0.3, 0.4) is 0 Å². The van der Waals surface area contributed by atoms with Crippen molar-refractivity contribution in [2.24, 2.45) is 4.99 Å². The molecule has 31 heavy (non-hydrogen) atoms. The van der Waals surface area contributed by atoms with Crippen LogP contribution in [0.2, 0.25) is 0 Å². The number of nitrogens with zero attached hydrogens (tertiary/aromatic N) is 5. The van der Waals surface area contributed by atoms with Crippen LogP contribution in [0.15, 0.2) is 4.99 Å². The van der Waals surface area contributed by atoms with E-state index >= 15 is 0 Å². The third kappa shape index (κ3) is 7.80. The summed E-state index contributed by atoms with van der Waals surface area (Å²) in [4.78, 5) is 18.4. The van der Waals surface area contributed by atoms with Crippen LogP contribution < -0.4 is 10.6 Å². The molecule has 2 aliphatic heterocycles. The number of carbonyl (C=O) groups is 1. The Morgan fingerprint density at radius 1 is 1.16 bits per heavy atom. The smallest absolute Gasteiger partial charge is 0.409 e. The lowest BCUT2D eigenvalue weighted by Crippen LogP contribution is -2.49. The van der Waals surface area contributed by atoms with Gasteiger partial charge in [0, 0.05) is 51.6 Å². The quantitative estimate of drug-likeness (QED) is 0.236. The van der Waals surface area contributed by atoms with Gasteiger partial charge < -0.3 is 24.8 Å². The van der Waals surface area contributed by atoms with Crippen molar-refractivity contribution in [2.75, 3.05) is 32.8 Å². The van der Waals surface area contributed by atoms with E-state index in [1.165, 1.54) is 19.3 Å². The van der Waals surface area contributed by atoms with Gasteiger partial charge in [-0.2, -0.15) is 0 Å². The molecule has 1 amide bonds. The Morgan fingerprint density at radius 3 is 2.71 bits per heavy atom. The maximum atomic E-state index is 11.8. The lowest BCUT2D eigenvalue weighted by atomic mass is 10.1. The predicted octanol–water partition coefficient (Wildman–Crippen LogP) is 2.73. The van der Waals surface area contributed by atoms with Gasteiger partial charge in [-0.1, -0.05) is 6.42 Å². The summed E-state index contributed by atoms with van der Waals surface area (Å²) in [6.07, 6.45) is 8.23. The van der Waals surface area contributed by atoms with Crippen molar-refractivity contribution in [1.29, 1.82) is 0 Å². The second kappa shape index (κ2) is 13.7. The molecule has 2 aliphatic rings. The molecule has 0 bridgehead atoms. The number of fused-ring (bicyclic) bond motifs is 1. The van der Waals surface area contributed by atoms with Crippen LogP contribution in [0.25, 0.3) is 0 Å². The molecule has 10 heteroatoms. The minimum atomic E-state index is -0.206. The molecule has 0 atom stereocenters. The highest BCUT2D eigenvalue weighted by atomic mass is 127. The van der Waals surface area contributed by atoms with Crippen LogP contribution in [0.1, 0.15) is 64.0 Å². The van der Waals surface area contributed by atoms with Crippen molar-refractivity contribution in [3.63, 3.8) is 0 Å². The van der Waals surface area contributed by atoms with E-state index in [1.54, 1.807) is 4.90 Å². The first-order valence-corrected chi connectivity index (χ1v) is 11.6. The molecule has 1 saturated heterocycles. The number of hydrogen-bond donors (Lipinski definition) is 2. The molecule has 1 fully saturated rings.